The number of hydrogen-bond acceptors (Lipinski definition) is 2. The quantitative estimate of drug-likeness (QED) is 0.861. The van der Waals surface area contributed by atoms with Crippen LogP contribution in [-0.4, -0.2) is 18.3 Å². The van der Waals surface area contributed by atoms with Crippen molar-refractivity contribution in [2.24, 2.45) is 0 Å². The molecule has 1 heterocycles. The molecule has 0 unspecified atom stereocenters. The molecular formula is C14H14ClNO2. The van der Waals surface area contributed by atoms with Gasteiger partial charge in [-0.15, -0.1) is 11.6 Å². The predicted octanol–water partition coefficient (Wildman–Crippen LogP) is 3.22. The lowest BCUT2D eigenvalue weighted by atomic mass is 10.1. The first kappa shape index (κ1) is 12.7. The van der Waals surface area contributed by atoms with E-state index < -0.39 is 0 Å². The highest BCUT2D eigenvalue weighted by Crippen LogP contribution is 2.22. The number of hydrogen-bond donors (Lipinski definition) is 1. The van der Waals surface area contributed by atoms with E-state index in [0.717, 1.165) is 5.56 Å². The van der Waals surface area contributed by atoms with Crippen molar-refractivity contribution < 1.29 is 9.21 Å². The van der Waals surface area contributed by atoms with Crippen LogP contribution in [0.15, 0.2) is 40.8 Å². The van der Waals surface area contributed by atoms with Crippen molar-refractivity contribution in [3.63, 3.8) is 0 Å². The molecule has 1 amide bonds. The number of furan rings is 1. The van der Waals surface area contributed by atoms with E-state index >= 15 is 0 Å². The lowest BCUT2D eigenvalue weighted by molar-refractivity contribution is 0.0929. The fourth-order valence-electron chi connectivity index (χ4n) is 1.58. The summed E-state index contributed by atoms with van der Waals surface area (Å²) < 4.78 is 5.51. The minimum absolute atomic E-state index is 0.242. The monoisotopic (exact) mass is 263 g/mol. The molecule has 0 saturated heterocycles. The van der Waals surface area contributed by atoms with Crippen molar-refractivity contribution in [2.45, 2.75) is 6.92 Å². The molecule has 0 aliphatic heterocycles. The fourth-order valence-corrected chi connectivity index (χ4v) is 1.68. The molecule has 0 atom stereocenters. The van der Waals surface area contributed by atoms with Gasteiger partial charge >= 0.3 is 0 Å². The van der Waals surface area contributed by atoms with Gasteiger partial charge in [-0.25, -0.2) is 0 Å². The molecule has 2 aromatic rings. The van der Waals surface area contributed by atoms with Gasteiger partial charge in [0.1, 0.15) is 5.76 Å². The Labute approximate surface area is 111 Å². The normalized spacial score (nSPS) is 10.3. The van der Waals surface area contributed by atoms with E-state index in [9.17, 15) is 4.79 Å². The number of alkyl halides is 1. The molecule has 1 aromatic carbocycles. The van der Waals surface area contributed by atoms with E-state index in [1.54, 1.807) is 12.1 Å². The molecule has 0 spiro atoms. The van der Waals surface area contributed by atoms with E-state index in [1.165, 1.54) is 5.56 Å². The number of halogens is 1. The largest absolute Gasteiger partial charge is 0.451 e. The van der Waals surface area contributed by atoms with Crippen LogP contribution in [0.3, 0.4) is 0 Å². The molecule has 1 aromatic heterocycles. The van der Waals surface area contributed by atoms with Crippen molar-refractivity contribution in [2.75, 3.05) is 12.4 Å². The molecule has 0 radical (unpaired) electrons. The second kappa shape index (κ2) is 5.74. The Hall–Kier alpha value is -1.74. The van der Waals surface area contributed by atoms with Crippen LogP contribution < -0.4 is 5.32 Å². The molecule has 0 bridgehead atoms. The first-order valence-electron chi connectivity index (χ1n) is 5.72. The Balaban J connectivity index is 2.15. The molecule has 4 heteroatoms. The smallest absolute Gasteiger partial charge is 0.287 e. The lowest BCUT2D eigenvalue weighted by Crippen LogP contribution is -2.24. The van der Waals surface area contributed by atoms with E-state index in [0.29, 0.717) is 23.9 Å². The molecule has 2 rings (SSSR count). The zero-order valence-electron chi connectivity index (χ0n) is 10.1. The Morgan fingerprint density at radius 1 is 1.22 bits per heavy atom. The van der Waals surface area contributed by atoms with Gasteiger partial charge in [0.05, 0.1) is 0 Å². The molecule has 0 aliphatic carbocycles. The van der Waals surface area contributed by atoms with Crippen LogP contribution in [0, 0.1) is 6.92 Å². The maximum Gasteiger partial charge on any atom is 0.287 e. The molecule has 0 saturated carbocycles. The predicted molar refractivity (Wildman–Crippen MR) is 71.9 cm³/mol. The molecule has 0 fully saturated rings. The number of amides is 1. The SMILES string of the molecule is Cc1ccc(-c2ccc(C(=O)NCCCl)o2)cc1. The van der Waals surface area contributed by atoms with Gasteiger partial charge in [0.25, 0.3) is 5.91 Å². The Morgan fingerprint density at radius 3 is 2.61 bits per heavy atom. The van der Waals surface area contributed by atoms with Crippen LogP contribution in [0.1, 0.15) is 16.1 Å². The summed E-state index contributed by atoms with van der Waals surface area (Å²) in [4.78, 5) is 11.6. The maximum atomic E-state index is 11.6. The Bertz CT molecular complexity index is 531. The van der Waals surface area contributed by atoms with Crippen LogP contribution in [0.2, 0.25) is 0 Å². The molecular weight excluding hydrogens is 250 g/mol. The third-order valence-corrected chi connectivity index (χ3v) is 2.73. The zero-order valence-corrected chi connectivity index (χ0v) is 10.8. The highest BCUT2D eigenvalue weighted by molar-refractivity contribution is 6.18. The first-order valence-corrected chi connectivity index (χ1v) is 6.25. The summed E-state index contributed by atoms with van der Waals surface area (Å²) in [7, 11) is 0. The van der Waals surface area contributed by atoms with E-state index in [2.05, 4.69) is 5.32 Å². The lowest BCUT2D eigenvalue weighted by Gasteiger charge is -2.00. The standard InChI is InChI=1S/C14H14ClNO2/c1-10-2-4-11(5-3-10)12-6-7-13(18-12)14(17)16-9-8-15/h2-7H,8-9H2,1H3,(H,16,17). The van der Waals surface area contributed by atoms with Crippen LogP contribution in [-0.2, 0) is 0 Å². The van der Waals surface area contributed by atoms with Crippen molar-refractivity contribution in [3.8, 4) is 11.3 Å². The summed E-state index contributed by atoms with van der Waals surface area (Å²) in [6.07, 6.45) is 0. The molecule has 18 heavy (non-hydrogen) atoms. The average Bonchev–Trinajstić information content (AvgIpc) is 2.86. The highest BCUT2D eigenvalue weighted by Gasteiger charge is 2.11. The van der Waals surface area contributed by atoms with Crippen molar-refractivity contribution in [3.05, 3.63) is 47.7 Å². The highest BCUT2D eigenvalue weighted by atomic mass is 35.5. The topological polar surface area (TPSA) is 42.2 Å². The Morgan fingerprint density at radius 2 is 1.94 bits per heavy atom. The number of aryl methyl sites for hydroxylation is 1. The van der Waals surface area contributed by atoms with Gasteiger partial charge < -0.3 is 9.73 Å². The summed E-state index contributed by atoms with van der Waals surface area (Å²) in [6.45, 7) is 2.46. The first-order chi connectivity index (χ1) is 8.70. The summed E-state index contributed by atoms with van der Waals surface area (Å²) in [6, 6.07) is 11.4. The minimum atomic E-state index is -0.242. The van der Waals surface area contributed by atoms with Crippen LogP contribution in [0.25, 0.3) is 11.3 Å². The molecule has 1 N–H and O–H groups in total. The van der Waals surface area contributed by atoms with Gasteiger partial charge in [-0.05, 0) is 19.1 Å². The molecule has 0 aliphatic rings. The Kier molecular flexibility index (Phi) is 4.05. The fraction of sp³-hybridized carbons (Fsp3) is 0.214. The van der Waals surface area contributed by atoms with E-state index in [1.807, 2.05) is 31.2 Å². The molecule has 3 nitrogen and oxygen atoms in total. The summed E-state index contributed by atoms with van der Waals surface area (Å²) in [5.74, 6) is 1.13. The number of nitrogens with one attached hydrogen (secondary N) is 1. The summed E-state index contributed by atoms with van der Waals surface area (Å²) in [5, 5.41) is 2.66. The number of rotatable bonds is 4. The van der Waals surface area contributed by atoms with Crippen LogP contribution >= 0.6 is 11.6 Å². The number of carbonyl (C=O) groups excluding carboxylic acids is 1. The van der Waals surface area contributed by atoms with Crippen LogP contribution in [0.4, 0.5) is 0 Å². The second-order valence-electron chi connectivity index (χ2n) is 3.97. The van der Waals surface area contributed by atoms with Gasteiger partial charge in [-0.1, -0.05) is 29.8 Å². The van der Waals surface area contributed by atoms with Gasteiger partial charge in [0, 0.05) is 18.0 Å². The maximum absolute atomic E-state index is 11.6. The molecule has 94 valence electrons. The van der Waals surface area contributed by atoms with Gasteiger partial charge in [0.15, 0.2) is 5.76 Å². The summed E-state index contributed by atoms with van der Waals surface area (Å²) in [5.41, 5.74) is 2.14. The number of benzene rings is 1. The van der Waals surface area contributed by atoms with Gasteiger partial charge in [0.2, 0.25) is 0 Å². The van der Waals surface area contributed by atoms with Crippen molar-refractivity contribution in [1.29, 1.82) is 0 Å². The third-order valence-electron chi connectivity index (χ3n) is 2.55. The average molecular weight is 264 g/mol. The zero-order chi connectivity index (χ0) is 13.0. The van der Waals surface area contributed by atoms with E-state index in [-0.39, 0.29) is 5.91 Å². The van der Waals surface area contributed by atoms with Crippen molar-refractivity contribution in [1.82, 2.24) is 5.32 Å². The van der Waals surface area contributed by atoms with Crippen molar-refractivity contribution >= 4 is 17.5 Å². The van der Waals surface area contributed by atoms with E-state index in [4.69, 9.17) is 16.0 Å². The third kappa shape index (κ3) is 2.93. The number of carbonyl (C=O) groups is 1. The summed E-state index contributed by atoms with van der Waals surface area (Å²) >= 11 is 5.50. The second-order valence-corrected chi connectivity index (χ2v) is 4.35. The van der Waals surface area contributed by atoms with Crippen LogP contribution in [0.5, 0.6) is 0 Å². The van der Waals surface area contributed by atoms with Gasteiger partial charge in [-0.3, -0.25) is 4.79 Å². The minimum Gasteiger partial charge on any atom is -0.451 e. The van der Waals surface area contributed by atoms with Gasteiger partial charge in [-0.2, -0.15) is 0 Å².